The van der Waals surface area contributed by atoms with Gasteiger partial charge in [-0.2, -0.15) is 0 Å². The lowest BCUT2D eigenvalue weighted by molar-refractivity contribution is -0.135. The van der Waals surface area contributed by atoms with Crippen LogP contribution in [0.2, 0.25) is 0 Å². The number of aromatic nitrogens is 1. The van der Waals surface area contributed by atoms with E-state index >= 15 is 0 Å². The molecule has 2 aromatic rings. The summed E-state index contributed by atoms with van der Waals surface area (Å²) in [4.78, 5) is 33.2. The summed E-state index contributed by atoms with van der Waals surface area (Å²) >= 11 is 1.69. The molecule has 2 bridgehead atoms. The van der Waals surface area contributed by atoms with Gasteiger partial charge in [0.25, 0.3) is 0 Å². The Labute approximate surface area is 182 Å². The van der Waals surface area contributed by atoms with Crippen molar-refractivity contribution in [2.75, 3.05) is 33.7 Å². The fourth-order valence-corrected chi connectivity index (χ4v) is 5.77. The molecular weight excluding hydrogens is 396 g/mol. The van der Waals surface area contributed by atoms with Crippen molar-refractivity contribution < 1.29 is 9.59 Å². The zero-order chi connectivity index (χ0) is 21.1. The third kappa shape index (κ3) is 5.01. The standard InChI is InChI=1S/C23H32N4O2S/c1-26(2)22(28)9-5-7-18-17-12-16(13-24-18)14-27(15-17)23(29)11-10-21-25-19-6-3-4-8-20(19)30-21/h3-4,6,8,16-18,24H,5,7,9-15H2,1-2H3/t16?,17?,18-/m1/s1. The largest absolute Gasteiger partial charge is 0.349 e. The van der Waals surface area contributed by atoms with Crippen LogP contribution in [0.25, 0.3) is 10.2 Å². The van der Waals surface area contributed by atoms with Gasteiger partial charge in [-0.3, -0.25) is 9.59 Å². The van der Waals surface area contributed by atoms with E-state index in [-0.39, 0.29) is 11.8 Å². The van der Waals surface area contributed by atoms with Crippen LogP contribution in [0.3, 0.4) is 0 Å². The van der Waals surface area contributed by atoms with Crippen LogP contribution < -0.4 is 5.32 Å². The first-order valence-electron chi connectivity index (χ1n) is 11.1. The number of carbonyl (C=O) groups is 2. The number of rotatable bonds is 7. The Kier molecular flexibility index (Phi) is 6.68. The molecule has 30 heavy (non-hydrogen) atoms. The van der Waals surface area contributed by atoms with Gasteiger partial charge in [0.15, 0.2) is 0 Å². The quantitative estimate of drug-likeness (QED) is 0.736. The minimum absolute atomic E-state index is 0.194. The average Bonchev–Trinajstić information content (AvgIpc) is 3.16. The monoisotopic (exact) mass is 428 g/mol. The van der Waals surface area contributed by atoms with E-state index in [0.29, 0.717) is 30.7 Å². The SMILES string of the molecule is CN(C)C(=O)CCC[C@H]1NCC2CC1CN(C(=O)CCc1nc3ccccc3s1)C2. The van der Waals surface area contributed by atoms with Gasteiger partial charge in [0.05, 0.1) is 15.2 Å². The van der Waals surface area contributed by atoms with Crippen molar-refractivity contribution in [1.29, 1.82) is 0 Å². The van der Waals surface area contributed by atoms with Crippen LogP contribution in [0, 0.1) is 11.8 Å². The maximum atomic E-state index is 12.9. The van der Waals surface area contributed by atoms with Crippen molar-refractivity contribution in [3.63, 3.8) is 0 Å². The molecule has 1 N–H and O–H groups in total. The highest BCUT2D eigenvalue weighted by Gasteiger charge is 2.37. The van der Waals surface area contributed by atoms with E-state index in [1.54, 1.807) is 16.2 Å². The molecule has 0 radical (unpaired) electrons. The summed E-state index contributed by atoms with van der Waals surface area (Å²) in [7, 11) is 3.62. The minimum Gasteiger partial charge on any atom is -0.349 e. The van der Waals surface area contributed by atoms with Crippen molar-refractivity contribution in [1.82, 2.24) is 20.1 Å². The molecule has 1 aromatic carbocycles. The normalized spacial score (nSPS) is 23.5. The Balaban J connectivity index is 1.28. The van der Waals surface area contributed by atoms with Crippen LogP contribution >= 0.6 is 11.3 Å². The smallest absolute Gasteiger partial charge is 0.223 e. The second kappa shape index (κ2) is 9.43. The maximum Gasteiger partial charge on any atom is 0.223 e. The van der Waals surface area contributed by atoms with Crippen molar-refractivity contribution in [3.05, 3.63) is 29.3 Å². The van der Waals surface area contributed by atoms with Crippen LogP contribution in [0.15, 0.2) is 24.3 Å². The van der Waals surface area contributed by atoms with Crippen LogP contribution in [0.1, 0.15) is 37.1 Å². The molecule has 1 aromatic heterocycles. The molecule has 2 aliphatic heterocycles. The second-order valence-electron chi connectivity index (χ2n) is 8.93. The van der Waals surface area contributed by atoms with Gasteiger partial charge in [-0.25, -0.2) is 4.98 Å². The van der Waals surface area contributed by atoms with E-state index in [1.165, 1.54) is 11.1 Å². The highest BCUT2D eigenvalue weighted by Crippen LogP contribution is 2.31. The van der Waals surface area contributed by atoms with Crippen LogP contribution in [0.5, 0.6) is 0 Å². The molecule has 2 unspecified atom stereocenters. The van der Waals surface area contributed by atoms with E-state index in [9.17, 15) is 9.59 Å². The van der Waals surface area contributed by atoms with Gasteiger partial charge in [0.2, 0.25) is 11.8 Å². The van der Waals surface area contributed by atoms with Crippen molar-refractivity contribution >= 4 is 33.4 Å². The number of aryl methyl sites for hydroxylation is 1. The number of nitrogens with one attached hydrogen (secondary N) is 1. The number of piperidine rings is 2. The number of thiazole rings is 1. The highest BCUT2D eigenvalue weighted by molar-refractivity contribution is 7.18. The Morgan fingerprint density at radius 2 is 2.07 bits per heavy atom. The van der Waals surface area contributed by atoms with Crippen LogP contribution in [0.4, 0.5) is 0 Å². The summed E-state index contributed by atoms with van der Waals surface area (Å²) in [5.74, 6) is 1.50. The minimum atomic E-state index is 0.194. The molecule has 0 spiro atoms. The van der Waals surface area contributed by atoms with Gasteiger partial charge in [0.1, 0.15) is 0 Å². The Morgan fingerprint density at radius 3 is 2.87 bits per heavy atom. The second-order valence-corrected chi connectivity index (χ2v) is 10.0. The predicted molar refractivity (Wildman–Crippen MR) is 120 cm³/mol. The van der Waals surface area contributed by atoms with Gasteiger partial charge >= 0.3 is 0 Å². The molecule has 2 amide bonds. The van der Waals surface area contributed by atoms with Gasteiger partial charge in [0, 0.05) is 52.5 Å². The van der Waals surface area contributed by atoms with E-state index in [1.807, 2.05) is 32.3 Å². The number of amides is 2. The number of hydrogen-bond donors (Lipinski definition) is 1. The maximum absolute atomic E-state index is 12.9. The first-order chi connectivity index (χ1) is 14.5. The molecule has 0 aliphatic carbocycles. The number of hydrogen-bond acceptors (Lipinski definition) is 5. The first kappa shape index (κ1) is 21.2. The summed E-state index contributed by atoms with van der Waals surface area (Å²) < 4.78 is 1.19. The molecule has 4 rings (SSSR count). The molecule has 162 valence electrons. The van der Waals surface area contributed by atoms with E-state index < -0.39 is 0 Å². The fraction of sp³-hybridized carbons (Fsp3) is 0.609. The van der Waals surface area contributed by atoms with Crippen molar-refractivity contribution in [2.45, 2.75) is 44.6 Å². The van der Waals surface area contributed by atoms with E-state index in [0.717, 1.165) is 49.4 Å². The third-order valence-electron chi connectivity index (χ3n) is 6.46. The molecule has 2 saturated heterocycles. The summed E-state index contributed by atoms with van der Waals surface area (Å²) in [6, 6.07) is 8.56. The molecule has 2 fully saturated rings. The lowest BCUT2D eigenvalue weighted by Gasteiger charge is -2.46. The molecule has 2 aliphatic rings. The molecule has 3 atom stereocenters. The van der Waals surface area contributed by atoms with Crippen LogP contribution in [-0.4, -0.2) is 66.4 Å². The van der Waals surface area contributed by atoms with Gasteiger partial charge in [-0.1, -0.05) is 12.1 Å². The molecule has 3 heterocycles. The number of likely N-dealkylation sites (tertiary alicyclic amines) is 1. The molecule has 7 heteroatoms. The lowest BCUT2D eigenvalue weighted by atomic mass is 9.79. The average molecular weight is 429 g/mol. The Hall–Kier alpha value is -1.99. The highest BCUT2D eigenvalue weighted by atomic mass is 32.1. The van der Waals surface area contributed by atoms with E-state index in [4.69, 9.17) is 0 Å². The lowest BCUT2D eigenvalue weighted by Crippen LogP contribution is -2.57. The summed E-state index contributed by atoms with van der Waals surface area (Å²) in [6.45, 7) is 2.69. The summed E-state index contributed by atoms with van der Waals surface area (Å²) in [5, 5.41) is 4.73. The zero-order valence-corrected chi connectivity index (χ0v) is 18.8. The van der Waals surface area contributed by atoms with Gasteiger partial charge in [-0.15, -0.1) is 11.3 Å². The predicted octanol–water partition coefficient (Wildman–Crippen LogP) is 2.92. The van der Waals surface area contributed by atoms with Crippen molar-refractivity contribution in [2.24, 2.45) is 11.8 Å². The number of para-hydroxylation sites is 1. The summed E-state index contributed by atoms with van der Waals surface area (Å²) in [5.41, 5.74) is 1.03. The molecular formula is C23H32N4O2S. The number of nitrogens with zero attached hydrogens (tertiary/aromatic N) is 3. The first-order valence-corrected chi connectivity index (χ1v) is 11.9. The Morgan fingerprint density at radius 1 is 1.23 bits per heavy atom. The summed E-state index contributed by atoms with van der Waals surface area (Å²) in [6.07, 6.45) is 4.96. The topological polar surface area (TPSA) is 65.5 Å². The zero-order valence-electron chi connectivity index (χ0n) is 18.0. The third-order valence-corrected chi connectivity index (χ3v) is 7.55. The van der Waals surface area contributed by atoms with Crippen LogP contribution in [-0.2, 0) is 16.0 Å². The number of benzene rings is 1. The number of fused-ring (bicyclic) bond motifs is 3. The van der Waals surface area contributed by atoms with E-state index in [2.05, 4.69) is 21.3 Å². The number of carbonyl (C=O) groups excluding carboxylic acids is 2. The van der Waals surface area contributed by atoms with Gasteiger partial charge < -0.3 is 15.1 Å². The molecule has 6 nitrogen and oxygen atoms in total. The Bertz CT molecular complexity index is 863. The molecule has 0 saturated carbocycles. The fourth-order valence-electron chi connectivity index (χ4n) is 4.81. The van der Waals surface area contributed by atoms with Crippen molar-refractivity contribution in [3.8, 4) is 0 Å². The van der Waals surface area contributed by atoms with Gasteiger partial charge in [-0.05, 0) is 49.8 Å².